The summed E-state index contributed by atoms with van der Waals surface area (Å²) in [7, 11) is 1.33. The molecule has 148 valence electrons. The Morgan fingerprint density at radius 2 is 1.60 bits per heavy atom. The lowest BCUT2D eigenvalue weighted by Gasteiger charge is -2.22. The average molecular weight is 460 g/mol. The molecular weight excluding hydrogens is 442 g/mol. The van der Waals surface area contributed by atoms with Crippen LogP contribution in [0.1, 0.15) is 21.5 Å². The van der Waals surface area contributed by atoms with Crippen LogP contribution in [0.4, 0.5) is 5.69 Å². The number of ether oxygens (including phenoxy) is 1. The van der Waals surface area contributed by atoms with Gasteiger partial charge >= 0.3 is 5.97 Å². The van der Waals surface area contributed by atoms with Crippen LogP contribution in [-0.4, -0.2) is 19.0 Å². The van der Waals surface area contributed by atoms with Gasteiger partial charge in [0.2, 0.25) is 0 Å². The normalized spacial score (nSPS) is 14.7. The van der Waals surface area contributed by atoms with Gasteiger partial charge in [-0.1, -0.05) is 70.5 Å². The number of carbonyl (C=O) groups is 2. The molecule has 4 rings (SSSR count). The van der Waals surface area contributed by atoms with Gasteiger partial charge in [0.25, 0.3) is 5.91 Å². The molecule has 4 nitrogen and oxygen atoms in total. The summed E-state index contributed by atoms with van der Waals surface area (Å²) < 4.78 is 5.90. The van der Waals surface area contributed by atoms with Crippen molar-refractivity contribution >= 4 is 45.3 Å². The third-order valence-electron chi connectivity index (χ3n) is 4.80. The first-order valence-electron chi connectivity index (χ1n) is 9.34. The van der Waals surface area contributed by atoms with Gasteiger partial charge in [-0.3, -0.25) is 9.69 Å². The highest BCUT2D eigenvalue weighted by Gasteiger charge is 2.32. The molecule has 0 bridgehead atoms. The topological polar surface area (TPSA) is 46.6 Å². The van der Waals surface area contributed by atoms with E-state index in [0.717, 1.165) is 15.6 Å². The third kappa shape index (κ3) is 3.84. The first kappa shape index (κ1) is 19.9. The number of carbonyl (C=O) groups excluding carboxylic acids is 2. The van der Waals surface area contributed by atoms with Gasteiger partial charge in [0.15, 0.2) is 0 Å². The van der Waals surface area contributed by atoms with E-state index in [1.165, 1.54) is 7.11 Å². The zero-order valence-corrected chi connectivity index (χ0v) is 17.8. The molecular formula is C25H18BrNO3. The number of nitrogens with zero attached hydrogens (tertiary/aromatic N) is 1. The van der Waals surface area contributed by atoms with E-state index in [1.807, 2.05) is 66.7 Å². The van der Waals surface area contributed by atoms with Crippen LogP contribution in [0, 0.1) is 0 Å². The summed E-state index contributed by atoms with van der Waals surface area (Å²) in [5.74, 6) is -0.690. The molecule has 0 saturated carbocycles. The summed E-state index contributed by atoms with van der Waals surface area (Å²) in [6, 6.07) is 24.3. The van der Waals surface area contributed by atoms with Crippen LogP contribution in [0.25, 0.3) is 11.8 Å². The second-order valence-corrected chi connectivity index (χ2v) is 7.61. The van der Waals surface area contributed by atoms with Crippen LogP contribution >= 0.6 is 15.9 Å². The number of benzene rings is 3. The molecule has 0 atom stereocenters. The van der Waals surface area contributed by atoms with E-state index in [-0.39, 0.29) is 5.91 Å². The Balaban J connectivity index is 1.86. The molecule has 1 heterocycles. The van der Waals surface area contributed by atoms with Gasteiger partial charge in [0, 0.05) is 10.0 Å². The second kappa shape index (κ2) is 8.51. The molecule has 30 heavy (non-hydrogen) atoms. The minimum atomic E-state index is -0.490. The number of anilines is 1. The zero-order chi connectivity index (χ0) is 21.1. The van der Waals surface area contributed by atoms with Crippen molar-refractivity contribution in [1.82, 2.24) is 0 Å². The molecule has 1 aliphatic rings. The summed E-state index contributed by atoms with van der Waals surface area (Å²) in [4.78, 5) is 27.4. The minimum Gasteiger partial charge on any atom is -0.465 e. The standard InChI is InChI=1S/C25H18BrNO3/c1-30-25(29)21-9-5-6-10-22(21)27-23(18-7-3-2-4-8-18)16-19(24(27)28)15-17-11-13-20(26)14-12-17/h2-16H,1H3/b19-15+. The van der Waals surface area contributed by atoms with Crippen LogP contribution in [0.15, 0.2) is 95.0 Å². The fourth-order valence-electron chi connectivity index (χ4n) is 3.37. The van der Waals surface area contributed by atoms with Crippen molar-refractivity contribution in [2.45, 2.75) is 0 Å². The number of halogens is 1. The van der Waals surface area contributed by atoms with Crippen LogP contribution < -0.4 is 4.90 Å². The number of amides is 1. The van der Waals surface area contributed by atoms with Gasteiger partial charge in [-0.2, -0.15) is 0 Å². The van der Waals surface area contributed by atoms with Gasteiger partial charge in [0.1, 0.15) is 0 Å². The lowest BCUT2D eigenvalue weighted by Crippen LogP contribution is -2.27. The third-order valence-corrected chi connectivity index (χ3v) is 5.32. The predicted octanol–water partition coefficient (Wildman–Crippen LogP) is 5.71. The van der Waals surface area contributed by atoms with Crippen LogP contribution in [0.5, 0.6) is 0 Å². The molecule has 0 N–H and O–H groups in total. The number of methoxy groups -OCH3 is 1. The molecule has 0 spiro atoms. The lowest BCUT2D eigenvalue weighted by atomic mass is 10.1. The van der Waals surface area contributed by atoms with E-state index in [2.05, 4.69) is 15.9 Å². The summed E-state index contributed by atoms with van der Waals surface area (Å²) in [6.07, 6.45) is 3.70. The quantitative estimate of drug-likeness (QED) is 0.370. The summed E-state index contributed by atoms with van der Waals surface area (Å²) in [6.45, 7) is 0. The zero-order valence-electron chi connectivity index (χ0n) is 16.2. The van der Waals surface area contributed by atoms with Gasteiger partial charge in [-0.15, -0.1) is 0 Å². The van der Waals surface area contributed by atoms with Crippen LogP contribution in [-0.2, 0) is 9.53 Å². The molecule has 1 aliphatic heterocycles. The second-order valence-electron chi connectivity index (χ2n) is 6.70. The highest BCUT2D eigenvalue weighted by atomic mass is 79.9. The number of para-hydroxylation sites is 1. The maximum Gasteiger partial charge on any atom is 0.339 e. The Bertz CT molecular complexity index is 1160. The minimum absolute atomic E-state index is 0.201. The van der Waals surface area contributed by atoms with Crippen molar-refractivity contribution in [3.05, 3.63) is 112 Å². The Morgan fingerprint density at radius 1 is 0.933 bits per heavy atom. The number of rotatable bonds is 4. The van der Waals surface area contributed by atoms with Crippen molar-refractivity contribution in [2.24, 2.45) is 0 Å². The Morgan fingerprint density at radius 3 is 2.30 bits per heavy atom. The fourth-order valence-corrected chi connectivity index (χ4v) is 3.63. The van der Waals surface area contributed by atoms with Gasteiger partial charge < -0.3 is 4.74 Å². The van der Waals surface area contributed by atoms with E-state index in [0.29, 0.717) is 22.5 Å². The van der Waals surface area contributed by atoms with E-state index in [4.69, 9.17) is 4.74 Å². The van der Waals surface area contributed by atoms with E-state index < -0.39 is 5.97 Å². The van der Waals surface area contributed by atoms with Crippen LogP contribution in [0.3, 0.4) is 0 Å². The van der Waals surface area contributed by atoms with Crippen molar-refractivity contribution in [3.8, 4) is 0 Å². The van der Waals surface area contributed by atoms with E-state index in [1.54, 1.807) is 29.2 Å². The molecule has 0 saturated heterocycles. The molecule has 0 unspecified atom stereocenters. The smallest absolute Gasteiger partial charge is 0.339 e. The molecule has 0 fully saturated rings. The van der Waals surface area contributed by atoms with Gasteiger partial charge in [-0.25, -0.2) is 4.79 Å². The van der Waals surface area contributed by atoms with Crippen LogP contribution in [0.2, 0.25) is 0 Å². The molecule has 3 aromatic rings. The Hall–Kier alpha value is -3.44. The van der Waals surface area contributed by atoms with E-state index in [9.17, 15) is 9.59 Å². The van der Waals surface area contributed by atoms with Crippen molar-refractivity contribution < 1.29 is 14.3 Å². The maximum atomic E-state index is 13.5. The molecule has 0 radical (unpaired) electrons. The highest BCUT2D eigenvalue weighted by Crippen LogP contribution is 2.37. The monoisotopic (exact) mass is 459 g/mol. The highest BCUT2D eigenvalue weighted by molar-refractivity contribution is 9.10. The first-order chi connectivity index (χ1) is 14.6. The molecule has 5 heteroatoms. The van der Waals surface area contributed by atoms with Gasteiger partial charge in [0.05, 0.1) is 24.1 Å². The predicted molar refractivity (Wildman–Crippen MR) is 122 cm³/mol. The average Bonchev–Trinajstić information content (AvgIpc) is 3.11. The molecule has 1 amide bonds. The Labute approximate surface area is 183 Å². The van der Waals surface area contributed by atoms with Crippen molar-refractivity contribution in [3.63, 3.8) is 0 Å². The maximum absolute atomic E-state index is 13.5. The fraction of sp³-hybridized carbons (Fsp3) is 0.0400. The summed E-state index contributed by atoms with van der Waals surface area (Å²) in [5, 5.41) is 0. The summed E-state index contributed by atoms with van der Waals surface area (Å²) in [5.41, 5.74) is 3.86. The SMILES string of the molecule is COC(=O)c1ccccc1N1C(=O)/C(=C/c2ccc(Br)cc2)C=C1c1ccccc1. The van der Waals surface area contributed by atoms with Crippen molar-refractivity contribution in [1.29, 1.82) is 0 Å². The number of hydrogen-bond acceptors (Lipinski definition) is 3. The molecule has 0 aliphatic carbocycles. The van der Waals surface area contributed by atoms with E-state index >= 15 is 0 Å². The lowest BCUT2D eigenvalue weighted by molar-refractivity contribution is -0.113. The molecule has 0 aromatic heterocycles. The Kier molecular flexibility index (Phi) is 5.63. The number of hydrogen-bond donors (Lipinski definition) is 0. The largest absolute Gasteiger partial charge is 0.465 e. The van der Waals surface area contributed by atoms with Crippen molar-refractivity contribution in [2.75, 3.05) is 12.0 Å². The van der Waals surface area contributed by atoms with Gasteiger partial charge in [-0.05, 0) is 47.5 Å². The first-order valence-corrected chi connectivity index (χ1v) is 10.1. The summed E-state index contributed by atoms with van der Waals surface area (Å²) >= 11 is 3.43. The molecule has 3 aromatic carbocycles. The number of esters is 1.